The Labute approximate surface area is 141 Å². The van der Waals surface area contributed by atoms with Crippen molar-refractivity contribution in [1.82, 2.24) is 10.6 Å². The SMILES string of the molecule is CCNCCNC(=O)CCCCOc1ccc(Br)cc1.Cl. The Kier molecular flexibility index (Phi) is 12.4. The molecule has 1 rings (SSSR count). The minimum Gasteiger partial charge on any atom is -0.494 e. The Morgan fingerprint density at radius 1 is 1.19 bits per heavy atom. The molecule has 21 heavy (non-hydrogen) atoms. The lowest BCUT2D eigenvalue weighted by Gasteiger charge is -2.07. The predicted molar refractivity (Wildman–Crippen MR) is 92.3 cm³/mol. The topological polar surface area (TPSA) is 50.4 Å². The van der Waals surface area contributed by atoms with Gasteiger partial charge in [-0.1, -0.05) is 22.9 Å². The smallest absolute Gasteiger partial charge is 0.220 e. The van der Waals surface area contributed by atoms with Gasteiger partial charge in [0, 0.05) is 24.0 Å². The Hall–Kier alpha value is -0.780. The molecule has 0 unspecified atom stereocenters. The molecule has 1 amide bonds. The molecule has 2 N–H and O–H groups in total. The zero-order valence-corrected chi connectivity index (χ0v) is 14.8. The molecule has 0 aromatic heterocycles. The van der Waals surface area contributed by atoms with Gasteiger partial charge in [0.1, 0.15) is 5.75 Å². The average molecular weight is 380 g/mol. The molecule has 120 valence electrons. The molecule has 4 nitrogen and oxygen atoms in total. The maximum absolute atomic E-state index is 11.5. The Balaban J connectivity index is 0.00000400. The first-order chi connectivity index (χ1) is 9.72. The molecule has 0 spiro atoms. The van der Waals surface area contributed by atoms with E-state index < -0.39 is 0 Å². The molecule has 0 aliphatic rings. The van der Waals surface area contributed by atoms with E-state index in [9.17, 15) is 4.79 Å². The molecule has 0 aliphatic heterocycles. The van der Waals surface area contributed by atoms with Crippen LogP contribution in [-0.4, -0.2) is 32.1 Å². The highest BCUT2D eigenvalue weighted by molar-refractivity contribution is 9.10. The Morgan fingerprint density at radius 3 is 2.57 bits per heavy atom. The third-order valence-electron chi connectivity index (χ3n) is 2.75. The molecule has 0 heterocycles. The van der Waals surface area contributed by atoms with E-state index in [1.54, 1.807) is 0 Å². The van der Waals surface area contributed by atoms with Crippen molar-refractivity contribution in [2.45, 2.75) is 26.2 Å². The summed E-state index contributed by atoms with van der Waals surface area (Å²) in [7, 11) is 0. The molecule has 0 saturated heterocycles. The number of carbonyl (C=O) groups is 1. The van der Waals surface area contributed by atoms with Gasteiger partial charge in [0.05, 0.1) is 6.61 Å². The normalized spacial score (nSPS) is 9.81. The minimum atomic E-state index is 0. The maximum atomic E-state index is 11.5. The maximum Gasteiger partial charge on any atom is 0.220 e. The number of unbranched alkanes of at least 4 members (excludes halogenated alkanes) is 1. The van der Waals surface area contributed by atoms with Crippen LogP contribution in [0.4, 0.5) is 0 Å². The first-order valence-corrected chi connectivity index (χ1v) is 7.87. The molecule has 0 radical (unpaired) electrons. The van der Waals surface area contributed by atoms with E-state index in [1.165, 1.54) is 0 Å². The van der Waals surface area contributed by atoms with E-state index in [0.29, 0.717) is 19.6 Å². The summed E-state index contributed by atoms with van der Waals surface area (Å²) in [4.78, 5) is 11.5. The number of nitrogens with one attached hydrogen (secondary N) is 2. The van der Waals surface area contributed by atoms with E-state index in [0.717, 1.165) is 36.2 Å². The van der Waals surface area contributed by atoms with Crippen LogP contribution in [0.5, 0.6) is 5.75 Å². The summed E-state index contributed by atoms with van der Waals surface area (Å²) in [6.07, 6.45) is 2.30. The van der Waals surface area contributed by atoms with Crippen molar-refractivity contribution in [2.24, 2.45) is 0 Å². The molecule has 1 aromatic carbocycles. The molecular weight excluding hydrogens is 356 g/mol. The molecule has 0 saturated carbocycles. The molecule has 0 bridgehead atoms. The molecule has 1 aromatic rings. The highest BCUT2D eigenvalue weighted by Gasteiger charge is 2.00. The van der Waals surface area contributed by atoms with Gasteiger partial charge in [-0.25, -0.2) is 0 Å². The summed E-state index contributed by atoms with van der Waals surface area (Å²) in [5, 5.41) is 6.05. The van der Waals surface area contributed by atoms with Gasteiger partial charge >= 0.3 is 0 Å². The van der Waals surface area contributed by atoms with Gasteiger partial charge in [-0.3, -0.25) is 4.79 Å². The third-order valence-corrected chi connectivity index (χ3v) is 3.28. The summed E-state index contributed by atoms with van der Waals surface area (Å²) in [6, 6.07) is 7.76. The van der Waals surface area contributed by atoms with E-state index in [1.807, 2.05) is 31.2 Å². The number of ether oxygens (including phenoxy) is 1. The van der Waals surface area contributed by atoms with E-state index in [2.05, 4.69) is 26.6 Å². The number of hydrogen-bond acceptors (Lipinski definition) is 3. The second-order valence-corrected chi connectivity index (χ2v) is 5.38. The van der Waals surface area contributed by atoms with Crippen molar-refractivity contribution in [3.05, 3.63) is 28.7 Å². The van der Waals surface area contributed by atoms with E-state index in [4.69, 9.17) is 4.74 Å². The molecule has 6 heteroatoms. The van der Waals surface area contributed by atoms with Crippen molar-refractivity contribution >= 4 is 34.2 Å². The van der Waals surface area contributed by atoms with Gasteiger partial charge in [0.25, 0.3) is 0 Å². The number of carbonyl (C=O) groups excluding carboxylic acids is 1. The summed E-state index contributed by atoms with van der Waals surface area (Å²) in [5.41, 5.74) is 0. The van der Waals surface area contributed by atoms with Gasteiger partial charge in [0.15, 0.2) is 0 Å². The van der Waals surface area contributed by atoms with E-state index >= 15 is 0 Å². The second-order valence-electron chi connectivity index (χ2n) is 4.46. The number of likely N-dealkylation sites (N-methyl/N-ethyl adjacent to an activating group) is 1. The van der Waals surface area contributed by atoms with Crippen LogP contribution in [-0.2, 0) is 4.79 Å². The van der Waals surface area contributed by atoms with Crippen LogP contribution in [0.15, 0.2) is 28.7 Å². The van der Waals surface area contributed by atoms with Gasteiger partial charge in [-0.05, 0) is 43.7 Å². The van der Waals surface area contributed by atoms with E-state index in [-0.39, 0.29) is 18.3 Å². The second kappa shape index (κ2) is 12.9. The molecule has 0 aliphatic carbocycles. The van der Waals surface area contributed by atoms with Gasteiger partial charge in [-0.2, -0.15) is 0 Å². The summed E-state index contributed by atoms with van der Waals surface area (Å²) in [5.74, 6) is 0.981. The van der Waals surface area contributed by atoms with Crippen molar-refractivity contribution in [3.8, 4) is 5.75 Å². The zero-order chi connectivity index (χ0) is 14.6. The van der Waals surface area contributed by atoms with Crippen LogP contribution in [0.25, 0.3) is 0 Å². The van der Waals surface area contributed by atoms with Crippen molar-refractivity contribution in [3.63, 3.8) is 0 Å². The van der Waals surface area contributed by atoms with Crippen LogP contribution in [0, 0.1) is 0 Å². The van der Waals surface area contributed by atoms with Gasteiger partial charge < -0.3 is 15.4 Å². The first-order valence-electron chi connectivity index (χ1n) is 7.08. The first kappa shape index (κ1) is 20.2. The highest BCUT2D eigenvalue weighted by atomic mass is 79.9. The molecule has 0 fully saturated rings. The molecule has 0 atom stereocenters. The Bertz CT molecular complexity index is 388. The fourth-order valence-electron chi connectivity index (χ4n) is 1.66. The standard InChI is InChI=1S/C15H23BrN2O2.ClH/c1-2-17-10-11-18-15(19)5-3-4-12-20-14-8-6-13(16)7-9-14;/h6-9,17H,2-5,10-12H2,1H3,(H,18,19);1H. The summed E-state index contributed by atoms with van der Waals surface area (Å²) >= 11 is 3.38. The number of benzene rings is 1. The van der Waals surface area contributed by atoms with Crippen LogP contribution >= 0.6 is 28.3 Å². The minimum absolute atomic E-state index is 0. The van der Waals surface area contributed by atoms with Crippen LogP contribution in [0.2, 0.25) is 0 Å². The third kappa shape index (κ3) is 10.6. The van der Waals surface area contributed by atoms with Crippen molar-refractivity contribution in [2.75, 3.05) is 26.2 Å². The largest absolute Gasteiger partial charge is 0.494 e. The Morgan fingerprint density at radius 2 is 1.90 bits per heavy atom. The van der Waals surface area contributed by atoms with Gasteiger partial charge in [0.2, 0.25) is 5.91 Å². The predicted octanol–water partition coefficient (Wildman–Crippen LogP) is 3.15. The van der Waals surface area contributed by atoms with Crippen molar-refractivity contribution < 1.29 is 9.53 Å². The van der Waals surface area contributed by atoms with Crippen molar-refractivity contribution in [1.29, 1.82) is 0 Å². The zero-order valence-electron chi connectivity index (χ0n) is 12.4. The van der Waals surface area contributed by atoms with Gasteiger partial charge in [-0.15, -0.1) is 12.4 Å². The number of hydrogen-bond donors (Lipinski definition) is 2. The fraction of sp³-hybridized carbons (Fsp3) is 0.533. The molecular formula is C15H24BrClN2O2. The van der Waals surface area contributed by atoms with Crippen LogP contribution in [0.1, 0.15) is 26.2 Å². The lowest BCUT2D eigenvalue weighted by atomic mass is 10.2. The summed E-state index contributed by atoms with van der Waals surface area (Å²) in [6.45, 7) is 5.15. The number of halogens is 2. The lowest BCUT2D eigenvalue weighted by molar-refractivity contribution is -0.121. The fourth-order valence-corrected chi connectivity index (χ4v) is 1.93. The monoisotopic (exact) mass is 378 g/mol. The van der Waals surface area contributed by atoms with Crippen LogP contribution < -0.4 is 15.4 Å². The number of amides is 1. The summed E-state index contributed by atoms with van der Waals surface area (Å²) < 4.78 is 6.63. The lowest BCUT2D eigenvalue weighted by Crippen LogP contribution is -2.31. The quantitative estimate of drug-likeness (QED) is 0.614. The van der Waals surface area contributed by atoms with Crippen LogP contribution in [0.3, 0.4) is 0 Å². The number of rotatable bonds is 10. The highest BCUT2D eigenvalue weighted by Crippen LogP contribution is 2.16. The average Bonchev–Trinajstić information content (AvgIpc) is 2.45.